The van der Waals surface area contributed by atoms with E-state index in [0.29, 0.717) is 17.1 Å². The molecule has 9 heteroatoms. The Balaban J connectivity index is 1.75. The van der Waals surface area contributed by atoms with Crippen molar-refractivity contribution in [2.45, 2.75) is 44.7 Å². The number of hydrogen-bond acceptors (Lipinski definition) is 7. The molecule has 158 valence electrons. The molecule has 0 saturated heterocycles. The van der Waals surface area contributed by atoms with Gasteiger partial charge in [0.05, 0.1) is 18.6 Å². The smallest absolute Gasteiger partial charge is 0.357 e. The molecular weight excluding hydrogens is 406 g/mol. The van der Waals surface area contributed by atoms with Crippen LogP contribution in [-0.4, -0.2) is 39.8 Å². The lowest BCUT2D eigenvalue weighted by Crippen LogP contribution is -2.40. The molecular formula is C21H23N3O5S. The van der Waals surface area contributed by atoms with Gasteiger partial charge in [-0.1, -0.05) is 19.3 Å². The van der Waals surface area contributed by atoms with Gasteiger partial charge in [0, 0.05) is 29.6 Å². The summed E-state index contributed by atoms with van der Waals surface area (Å²) >= 11 is 1.33. The third kappa shape index (κ3) is 5.50. The molecule has 0 bridgehead atoms. The van der Waals surface area contributed by atoms with Gasteiger partial charge >= 0.3 is 5.97 Å². The van der Waals surface area contributed by atoms with E-state index < -0.39 is 10.9 Å². The van der Waals surface area contributed by atoms with E-state index in [9.17, 15) is 19.7 Å². The molecule has 8 nitrogen and oxygen atoms in total. The SMILES string of the molecule is COC(=O)c1csc(CN(C(=O)C=Cc2ccc([N+](=O)[O-])cc2)C2CCCCC2)n1. The van der Waals surface area contributed by atoms with Crippen molar-refractivity contribution >= 4 is 35.0 Å². The monoisotopic (exact) mass is 429 g/mol. The maximum absolute atomic E-state index is 13.0. The van der Waals surface area contributed by atoms with Gasteiger partial charge < -0.3 is 9.64 Å². The number of amides is 1. The molecule has 0 unspecified atom stereocenters. The second kappa shape index (κ2) is 10.1. The minimum atomic E-state index is -0.494. The predicted molar refractivity (Wildman–Crippen MR) is 113 cm³/mol. The van der Waals surface area contributed by atoms with Gasteiger partial charge in [-0.25, -0.2) is 9.78 Å². The Kier molecular flexibility index (Phi) is 7.29. The normalized spacial score (nSPS) is 14.6. The van der Waals surface area contributed by atoms with Crippen LogP contribution in [0.5, 0.6) is 0 Å². The van der Waals surface area contributed by atoms with Gasteiger partial charge in [0.2, 0.25) is 5.91 Å². The highest BCUT2D eigenvalue weighted by Crippen LogP contribution is 2.25. The Hall–Kier alpha value is -3.07. The number of nitro groups is 1. The maximum atomic E-state index is 13.0. The number of carbonyl (C=O) groups is 2. The van der Waals surface area contributed by atoms with E-state index in [4.69, 9.17) is 4.74 Å². The van der Waals surface area contributed by atoms with Gasteiger partial charge in [-0.05, 0) is 36.6 Å². The molecule has 1 amide bonds. The van der Waals surface area contributed by atoms with Crippen molar-refractivity contribution in [1.29, 1.82) is 0 Å². The van der Waals surface area contributed by atoms with Crippen molar-refractivity contribution in [3.05, 3.63) is 62.1 Å². The summed E-state index contributed by atoms with van der Waals surface area (Å²) in [6.45, 7) is 0.329. The molecule has 2 aromatic rings. The molecule has 1 aliphatic carbocycles. The molecule has 1 aromatic heterocycles. The van der Waals surface area contributed by atoms with E-state index >= 15 is 0 Å². The van der Waals surface area contributed by atoms with Crippen LogP contribution in [0.15, 0.2) is 35.7 Å². The van der Waals surface area contributed by atoms with Gasteiger partial charge in [0.25, 0.3) is 5.69 Å². The van der Waals surface area contributed by atoms with Crippen LogP contribution in [0.3, 0.4) is 0 Å². The summed E-state index contributed by atoms with van der Waals surface area (Å²) in [5, 5.41) is 13.1. The summed E-state index contributed by atoms with van der Waals surface area (Å²) in [5.41, 5.74) is 0.960. The fraction of sp³-hybridized carbons (Fsp3) is 0.381. The number of nitro benzene ring substituents is 1. The number of aromatic nitrogens is 1. The van der Waals surface area contributed by atoms with E-state index in [1.165, 1.54) is 43.1 Å². The molecule has 0 atom stereocenters. The first-order valence-corrected chi connectivity index (χ1v) is 10.6. The number of ether oxygens (including phenoxy) is 1. The maximum Gasteiger partial charge on any atom is 0.357 e. The summed E-state index contributed by atoms with van der Waals surface area (Å²) in [6, 6.07) is 6.16. The number of carbonyl (C=O) groups excluding carboxylic acids is 2. The average molecular weight is 429 g/mol. The van der Waals surface area contributed by atoms with Crippen LogP contribution in [0.4, 0.5) is 5.69 Å². The van der Waals surface area contributed by atoms with Gasteiger partial charge in [0.15, 0.2) is 5.69 Å². The Morgan fingerprint density at radius 2 is 1.97 bits per heavy atom. The molecule has 1 fully saturated rings. The Labute approximate surface area is 178 Å². The second-order valence-corrected chi connectivity index (χ2v) is 8.00. The highest BCUT2D eigenvalue weighted by Gasteiger charge is 2.25. The first-order valence-electron chi connectivity index (χ1n) is 9.74. The summed E-state index contributed by atoms with van der Waals surface area (Å²) in [6.07, 6.45) is 8.34. The van der Waals surface area contributed by atoms with Gasteiger partial charge in [0.1, 0.15) is 5.01 Å². The summed E-state index contributed by atoms with van der Waals surface area (Å²) in [7, 11) is 1.31. The molecule has 0 N–H and O–H groups in total. The number of methoxy groups -OCH3 is 1. The van der Waals surface area contributed by atoms with Crippen molar-refractivity contribution in [1.82, 2.24) is 9.88 Å². The topological polar surface area (TPSA) is 103 Å². The lowest BCUT2D eigenvalue weighted by atomic mass is 9.94. The van der Waals surface area contributed by atoms with Crippen molar-refractivity contribution in [3.8, 4) is 0 Å². The number of rotatable bonds is 7. The lowest BCUT2D eigenvalue weighted by molar-refractivity contribution is -0.384. The molecule has 1 saturated carbocycles. The van der Waals surface area contributed by atoms with Crippen LogP contribution in [0, 0.1) is 10.1 Å². The molecule has 1 heterocycles. The van der Waals surface area contributed by atoms with Gasteiger partial charge in [-0.3, -0.25) is 14.9 Å². The highest BCUT2D eigenvalue weighted by atomic mass is 32.1. The zero-order valence-corrected chi connectivity index (χ0v) is 17.5. The van der Waals surface area contributed by atoms with E-state index in [0.717, 1.165) is 25.7 Å². The van der Waals surface area contributed by atoms with Crippen molar-refractivity contribution in [3.63, 3.8) is 0 Å². The van der Waals surface area contributed by atoms with Gasteiger partial charge in [-0.2, -0.15) is 0 Å². The first kappa shape index (κ1) is 21.6. The minimum absolute atomic E-state index is 0.00693. The summed E-state index contributed by atoms with van der Waals surface area (Å²) in [4.78, 5) is 41.1. The van der Waals surface area contributed by atoms with E-state index in [2.05, 4.69) is 4.98 Å². The third-order valence-electron chi connectivity index (χ3n) is 5.07. The van der Waals surface area contributed by atoms with Crippen molar-refractivity contribution < 1.29 is 19.2 Å². The van der Waals surface area contributed by atoms with Crippen LogP contribution in [0.25, 0.3) is 6.08 Å². The second-order valence-electron chi connectivity index (χ2n) is 7.06. The zero-order chi connectivity index (χ0) is 21.5. The lowest BCUT2D eigenvalue weighted by Gasteiger charge is -2.33. The highest BCUT2D eigenvalue weighted by molar-refractivity contribution is 7.09. The van der Waals surface area contributed by atoms with E-state index in [1.54, 1.807) is 28.5 Å². The van der Waals surface area contributed by atoms with Crippen LogP contribution in [0.2, 0.25) is 0 Å². The Morgan fingerprint density at radius 3 is 2.60 bits per heavy atom. The summed E-state index contributed by atoms with van der Waals surface area (Å²) < 4.78 is 4.70. The molecule has 1 aliphatic rings. The molecule has 0 spiro atoms. The number of thiazole rings is 1. The summed E-state index contributed by atoms with van der Waals surface area (Å²) in [5.74, 6) is -0.638. The third-order valence-corrected chi connectivity index (χ3v) is 5.91. The van der Waals surface area contributed by atoms with Crippen molar-refractivity contribution in [2.75, 3.05) is 7.11 Å². The fourth-order valence-electron chi connectivity index (χ4n) is 3.48. The zero-order valence-electron chi connectivity index (χ0n) is 16.7. The van der Waals surface area contributed by atoms with E-state index in [1.807, 2.05) is 0 Å². The minimum Gasteiger partial charge on any atom is -0.464 e. The van der Waals surface area contributed by atoms with E-state index in [-0.39, 0.29) is 23.3 Å². The van der Waals surface area contributed by atoms with Crippen LogP contribution >= 0.6 is 11.3 Å². The van der Waals surface area contributed by atoms with Crippen LogP contribution in [0.1, 0.15) is 53.2 Å². The number of esters is 1. The van der Waals surface area contributed by atoms with Crippen molar-refractivity contribution in [2.24, 2.45) is 0 Å². The Morgan fingerprint density at radius 1 is 1.27 bits per heavy atom. The van der Waals surface area contributed by atoms with Crippen LogP contribution < -0.4 is 0 Å². The number of non-ortho nitro benzene ring substituents is 1. The quantitative estimate of drug-likeness (QED) is 0.283. The number of benzene rings is 1. The standard InChI is InChI=1S/C21H23N3O5S/c1-29-21(26)18-14-30-19(22-18)13-23(16-5-3-2-4-6-16)20(25)12-9-15-7-10-17(11-8-15)24(27)28/h7-12,14,16H,2-6,13H2,1H3. The molecule has 0 aliphatic heterocycles. The van der Waals surface area contributed by atoms with Crippen LogP contribution in [-0.2, 0) is 16.1 Å². The first-order chi connectivity index (χ1) is 14.5. The Bertz CT molecular complexity index is 932. The molecule has 30 heavy (non-hydrogen) atoms. The fourth-order valence-corrected chi connectivity index (χ4v) is 4.24. The molecule has 0 radical (unpaired) electrons. The number of hydrogen-bond donors (Lipinski definition) is 0. The largest absolute Gasteiger partial charge is 0.464 e. The van der Waals surface area contributed by atoms with Gasteiger partial charge in [-0.15, -0.1) is 11.3 Å². The average Bonchev–Trinajstić information content (AvgIpc) is 3.25. The number of nitrogens with zero attached hydrogens (tertiary/aromatic N) is 3. The predicted octanol–water partition coefficient (Wildman–Crippen LogP) is 4.21. The molecule has 1 aromatic carbocycles. The molecule has 3 rings (SSSR count).